The van der Waals surface area contributed by atoms with Crippen LogP contribution in [0.4, 0.5) is 13.2 Å². The molecule has 1 rings (SSSR count). The Morgan fingerprint density at radius 1 is 1.19 bits per heavy atom. The molecule has 0 aromatic heterocycles. The molecule has 0 spiro atoms. The summed E-state index contributed by atoms with van der Waals surface area (Å²) in [5.41, 5.74) is 6.46. The molecule has 0 unspecified atom stereocenters. The number of nitrogens with two attached hydrogens (primary N) is 1. The first-order valence-electron chi connectivity index (χ1n) is 5.32. The molecule has 0 bridgehead atoms. The van der Waals surface area contributed by atoms with Crippen molar-refractivity contribution in [2.75, 3.05) is 6.54 Å². The van der Waals surface area contributed by atoms with Crippen molar-refractivity contribution in [1.82, 2.24) is 0 Å². The Bertz CT molecular complexity index is 345. The first kappa shape index (κ1) is 13.0. The lowest BCUT2D eigenvalue weighted by atomic mass is 10.0. The third-order valence-corrected chi connectivity index (χ3v) is 2.57. The summed E-state index contributed by atoms with van der Waals surface area (Å²) in [7, 11) is 0. The van der Waals surface area contributed by atoms with Crippen LogP contribution in [0.15, 0.2) is 18.2 Å². The van der Waals surface area contributed by atoms with Crippen molar-refractivity contribution in [1.29, 1.82) is 0 Å². The van der Waals surface area contributed by atoms with E-state index in [1.54, 1.807) is 13.0 Å². The van der Waals surface area contributed by atoms with Crippen LogP contribution in [0, 0.1) is 6.92 Å². The maximum Gasteiger partial charge on any atom is 0.416 e. The van der Waals surface area contributed by atoms with Crippen LogP contribution in [0.2, 0.25) is 0 Å². The number of unbranched alkanes of at least 4 members (excludes halogenated alkanes) is 1. The Hall–Kier alpha value is -1.03. The topological polar surface area (TPSA) is 26.0 Å². The van der Waals surface area contributed by atoms with Crippen LogP contribution in [0.25, 0.3) is 0 Å². The molecule has 0 aliphatic rings. The molecule has 1 aromatic carbocycles. The minimum Gasteiger partial charge on any atom is -0.330 e. The smallest absolute Gasteiger partial charge is 0.330 e. The van der Waals surface area contributed by atoms with Gasteiger partial charge in [-0.25, -0.2) is 0 Å². The Kier molecular flexibility index (Phi) is 4.35. The molecule has 0 fully saturated rings. The number of hydrogen-bond acceptors (Lipinski definition) is 1. The zero-order valence-corrected chi connectivity index (χ0v) is 9.27. The molecule has 90 valence electrons. The van der Waals surface area contributed by atoms with Crippen molar-refractivity contribution in [3.63, 3.8) is 0 Å². The Labute approximate surface area is 93.5 Å². The van der Waals surface area contributed by atoms with E-state index >= 15 is 0 Å². The van der Waals surface area contributed by atoms with Crippen molar-refractivity contribution in [2.24, 2.45) is 5.73 Å². The second-order valence-corrected chi connectivity index (χ2v) is 3.88. The zero-order valence-electron chi connectivity index (χ0n) is 9.27. The van der Waals surface area contributed by atoms with Crippen molar-refractivity contribution >= 4 is 0 Å². The van der Waals surface area contributed by atoms with Crippen LogP contribution in [0.1, 0.15) is 29.5 Å². The largest absolute Gasteiger partial charge is 0.416 e. The Morgan fingerprint density at radius 3 is 2.38 bits per heavy atom. The number of rotatable bonds is 4. The summed E-state index contributed by atoms with van der Waals surface area (Å²) < 4.78 is 37.2. The summed E-state index contributed by atoms with van der Waals surface area (Å²) in [5, 5.41) is 0. The van der Waals surface area contributed by atoms with E-state index in [9.17, 15) is 13.2 Å². The lowest BCUT2D eigenvalue weighted by Gasteiger charge is -2.10. The van der Waals surface area contributed by atoms with Gasteiger partial charge in [0, 0.05) is 0 Å². The number of hydrogen-bond donors (Lipinski definition) is 1. The second kappa shape index (κ2) is 5.34. The monoisotopic (exact) mass is 231 g/mol. The molecule has 2 N–H and O–H groups in total. The van der Waals surface area contributed by atoms with Crippen LogP contribution < -0.4 is 5.73 Å². The number of alkyl halides is 3. The van der Waals surface area contributed by atoms with Gasteiger partial charge in [0.25, 0.3) is 0 Å². The van der Waals surface area contributed by atoms with Gasteiger partial charge in [-0.3, -0.25) is 0 Å². The highest BCUT2D eigenvalue weighted by Crippen LogP contribution is 2.30. The van der Waals surface area contributed by atoms with Crippen LogP contribution >= 0.6 is 0 Å². The number of halogens is 3. The molecular formula is C12H16F3N. The molecule has 0 saturated heterocycles. The van der Waals surface area contributed by atoms with E-state index in [0.717, 1.165) is 30.9 Å². The van der Waals surface area contributed by atoms with E-state index in [1.807, 2.05) is 0 Å². The van der Waals surface area contributed by atoms with Crippen LogP contribution in [-0.2, 0) is 12.6 Å². The molecular weight excluding hydrogens is 215 g/mol. The second-order valence-electron chi connectivity index (χ2n) is 3.88. The molecule has 0 atom stereocenters. The molecule has 0 radical (unpaired) electrons. The zero-order chi connectivity index (χ0) is 12.2. The van der Waals surface area contributed by atoms with E-state index in [1.165, 1.54) is 6.07 Å². The third-order valence-electron chi connectivity index (χ3n) is 2.57. The van der Waals surface area contributed by atoms with Gasteiger partial charge in [0.15, 0.2) is 0 Å². The van der Waals surface area contributed by atoms with Gasteiger partial charge >= 0.3 is 6.18 Å². The van der Waals surface area contributed by atoms with Gasteiger partial charge in [-0.05, 0) is 56.0 Å². The Morgan fingerprint density at radius 2 is 1.88 bits per heavy atom. The van der Waals surface area contributed by atoms with E-state index in [4.69, 9.17) is 5.73 Å². The number of aryl methyl sites for hydroxylation is 2. The average Bonchev–Trinajstić information content (AvgIpc) is 2.19. The molecule has 0 amide bonds. The third kappa shape index (κ3) is 3.52. The Balaban J connectivity index is 2.76. The standard InChI is InChI=1S/C12H16F3N/c1-9-8-11(12(13,14)15)6-5-10(9)4-2-3-7-16/h5-6,8H,2-4,7,16H2,1H3. The lowest BCUT2D eigenvalue weighted by Crippen LogP contribution is -2.06. The molecule has 1 nitrogen and oxygen atoms in total. The summed E-state index contributed by atoms with van der Waals surface area (Å²) in [6, 6.07) is 3.91. The fourth-order valence-corrected chi connectivity index (χ4v) is 1.61. The van der Waals surface area contributed by atoms with Gasteiger partial charge in [0.05, 0.1) is 5.56 Å². The summed E-state index contributed by atoms with van der Waals surface area (Å²) in [6.45, 7) is 2.34. The van der Waals surface area contributed by atoms with Gasteiger partial charge in [0.2, 0.25) is 0 Å². The molecule has 0 aliphatic heterocycles. The first-order valence-corrected chi connectivity index (χ1v) is 5.32. The molecule has 0 heterocycles. The van der Waals surface area contributed by atoms with Crippen molar-refractivity contribution in [3.8, 4) is 0 Å². The first-order chi connectivity index (χ1) is 7.45. The van der Waals surface area contributed by atoms with Crippen LogP contribution in [0.3, 0.4) is 0 Å². The normalized spacial score (nSPS) is 11.8. The quantitative estimate of drug-likeness (QED) is 0.790. The van der Waals surface area contributed by atoms with Crippen molar-refractivity contribution in [3.05, 3.63) is 34.9 Å². The lowest BCUT2D eigenvalue weighted by molar-refractivity contribution is -0.137. The van der Waals surface area contributed by atoms with Gasteiger partial charge < -0.3 is 5.73 Å². The SMILES string of the molecule is Cc1cc(C(F)(F)F)ccc1CCCCN. The highest BCUT2D eigenvalue weighted by molar-refractivity contribution is 5.32. The predicted molar refractivity (Wildman–Crippen MR) is 58.2 cm³/mol. The van der Waals surface area contributed by atoms with Crippen LogP contribution in [-0.4, -0.2) is 6.54 Å². The van der Waals surface area contributed by atoms with E-state index < -0.39 is 11.7 Å². The molecule has 1 aromatic rings. The molecule has 4 heteroatoms. The van der Waals surface area contributed by atoms with E-state index in [2.05, 4.69) is 0 Å². The van der Waals surface area contributed by atoms with Crippen LogP contribution in [0.5, 0.6) is 0 Å². The van der Waals surface area contributed by atoms with Crippen molar-refractivity contribution in [2.45, 2.75) is 32.4 Å². The maximum atomic E-state index is 12.4. The fourth-order valence-electron chi connectivity index (χ4n) is 1.61. The summed E-state index contributed by atoms with van der Waals surface area (Å²) >= 11 is 0. The number of benzene rings is 1. The van der Waals surface area contributed by atoms with Gasteiger partial charge in [-0.1, -0.05) is 6.07 Å². The van der Waals surface area contributed by atoms with Gasteiger partial charge in [0.1, 0.15) is 0 Å². The van der Waals surface area contributed by atoms with Gasteiger partial charge in [-0.2, -0.15) is 13.2 Å². The highest BCUT2D eigenvalue weighted by Gasteiger charge is 2.30. The summed E-state index contributed by atoms with van der Waals surface area (Å²) in [4.78, 5) is 0. The minimum atomic E-state index is -4.25. The maximum absolute atomic E-state index is 12.4. The fraction of sp³-hybridized carbons (Fsp3) is 0.500. The molecule has 0 saturated carbocycles. The van der Waals surface area contributed by atoms with Crippen molar-refractivity contribution < 1.29 is 13.2 Å². The van der Waals surface area contributed by atoms with E-state index in [-0.39, 0.29) is 0 Å². The minimum absolute atomic E-state index is 0.576. The molecule has 16 heavy (non-hydrogen) atoms. The highest BCUT2D eigenvalue weighted by atomic mass is 19.4. The average molecular weight is 231 g/mol. The molecule has 0 aliphatic carbocycles. The summed E-state index contributed by atoms with van der Waals surface area (Å²) in [5.74, 6) is 0. The summed E-state index contributed by atoms with van der Waals surface area (Å²) in [6.07, 6.45) is -1.63. The van der Waals surface area contributed by atoms with E-state index in [0.29, 0.717) is 12.1 Å². The van der Waals surface area contributed by atoms with Gasteiger partial charge in [-0.15, -0.1) is 0 Å². The predicted octanol–water partition coefficient (Wildman–Crippen LogP) is 3.30.